The predicted octanol–water partition coefficient (Wildman–Crippen LogP) is 4.37. The van der Waals surface area contributed by atoms with E-state index in [2.05, 4.69) is 15.9 Å². The van der Waals surface area contributed by atoms with Crippen LogP contribution in [0.15, 0.2) is 28.7 Å². The van der Waals surface area contributed by atoms with Crippen molar-refractivity contribution in [3.8, 4) is 11.5 Å². The van der Waals surface area contributed by atoms with Gasteiger partial charge in [0.15, 0.2) is 11.5 Å². The summed E-state index contributed by atoms with van der Waals surface area (Å²) >= 11 is 11.0. The first-order valence-corrected chi connectivity index (χ1v) is 8.24. The first kappa shape index (κ1) is 14.2. The summed E-state index contributed by atoms with van der Waals surface area (Å²) in [5.41, 5.74) is 7.29. The van der Waals surface area contributed by atoms with Crippen molar-refractivity contribution in [1.29, 1.82) is 0 Å². The monoisotopic (exact) mass is 373 g/mol. The van der Waals surface area contributed by atoms with Crippen LogP contribution in [-0.4, -0.2) is 13.2 Å². The Morgan fingerprint density at radius 3 is 2.55 bits per heavy atom. The molecule has 1 atom stereocenters. The molecule has 0 saturated carbocycles. The highest BCUT2D eigenvalue weighted by atomic mass is 79.9. The van der Waals surface area contributed by atoms with E-state index in [0.29, 0.717) is 13.2 Å². The molecule has 2 N–H and O–H groups in total. The molecule has 6 heteroatoms. The van der Waals surface area contributed by atoms with Gasteiger partial charge in [-0.1, -0.05) is 27.5 Å². The zero-order valence-corrected chi connectivity index (χ0v) is 13.7. The number of hydrogen-bond acceptors (Lipinski definition) is 4. The zero-order valence-electron chi connectivity index (χ0n) is 10.6. The first-order chi connectivity index (χ1) is 9.65. The van der Waals surface area contributed by atoms with Gasteiger partial charge < -0.3 is 15.2 Å². The largest absolute Gasteiger partial charge is 0.490 e. The Morgan fingerprint density at radius 1 is 1.20 bits per heavy atom. The highest BCUT2D eigenvalue weighted by Crippen LogP contribution is 2.40. The average molecular weight is 375 g/mol. The molecule has 0 saturated heterocycles. The Morgan fingerprint density at radius 2 is 1.90 bits per heavy atom. The summed E-state index contributed by atoms with van der Waals surface area (Å²) < 4.78 is 13.0. The highest BCUT2D eigenvalue weighted by Gasteiger charge is 2.19. The van der Waals surface area contributed by atoms with Crippen molar-refractivity contribution in [3.05, 3.63) is 43.5 Å². The van der Waals surface area contributed by atoms with Gasteiger partial charge in [-0.05, 0) is 29.8 Å². The van der Waals surface area contributed by atoms with E-state index in [1.807, 2.05) is 24.3 Å². The number of nitrogens with two attached hydrogens (primary N) is 1. The maximum Gasteiger partial charge on any atom is 0.162 e. The number of thiophene rings is 1. The predicted molar refractivity (Wildman–Crippen MR) is 85.1 cm³/mol. The van der Waals surface area contributed by atoms with Gasteiger partial charge in [0.05, 0.1) is 23.6 Å². The lowest BCUT2D eigenvalue weighted by Gasteiger charge is -2.16. The Labute approximate surface area is 134 Å². The standard InChI is InChI=1S/C14H13BrClNO2S/c15-9-7-11-10(18-4-1-5-19-11)6-8(9)14(17)12-2-3-13(16)20-12/h2-3,6-7,14H,1,4-5,17H2. The van der Waals surface area contributed by atoms with E-state index in [0.717, 1.165) is 37.2 Å². The summed E-state index contributed by atoms with van der Waals surface area (Å²) in [6.07, 6.45) is 0.883. The van der Waals surface area contributed by atoms with Crippen molar-refractivity contribution in [2.45, 2.75) is 12.5 Å². The fourth-order valence-electron chi connectivity index (χ4n) is 2.09. The van der Waals surface area contributed by atoms with E-state index >= 15 is 0 Å². The van der Waals surface area contributed by atoms with Crippen molar-refractivity contribution in [3.63, 3.8) is 0 Å². The van der Waals surface area contributed by atoms with Gasteiger partial charge >= 0.3 is 0 Å². The van der Waals surface area contributed by atoms with E-state index < -0.39 is 0 Å². The van der Waals surface area contributed by atoms with Gasteiger partial charge in [-0.2, -0.15) is 0 Å². The van der Waals surface area contributed by atoms with Crippen molar-refractivity contribution >= 4 is 38.9 Å². The van der Waals surface area contributed by atoms with Crippen LogP contribution in [0.5, 0.6) is 11.5 Å². The second-order valence-corrected chi connectivity index (χ2v) is 7.09. The highest BCUT2D eigenvalue weighted by molar-refractivity contribution is 9.10. The van der Waals surface area contributed by atoms with Crippen molar-refractivity contribution in [2.75, 3.05) is 13.2 Å². The number of ether oxygens (including phenoxy) is 2. The van der Waals surface area contributed by atoms with Crippen LogP contribution in [0, 0.1) is 0 Å². The van der Waals surface area contributed by atoms with E-state index in [1.165, 1.54) is 11.3 Å². The van der Waals surface area contributed by atoms with Gasteiger partial charge in [0, 0.05) is 15.8 Å². The van der Waals surface area contributed by atoms with E-state index in [-0.39, 0.29) is 6.04 Å². The first-order valence-electron chi connectivity index (χ1n) is 6.25. The molecule has 1 aliphatic heterocycles. The minimum absolute atomic E-state index is 0.237. The van der Waals surface area contributed by atoms with E-state index in [4.69, 9.17) is 26.8 Å². The molecule has 0 fully saturated rings. The fourth-order valence-corrected chi connectivity index (χ4v) is 3.74. The summed E-state index contributed by atoms with van der Waals surface area (Å²) in [5, 5.41) is 0. The smallest absolute Gasteiger partial charge is 0.162 e. The Hall–Kier alpha value is -0.750. The van der Waals surface area contributed by atoms with Crippen LogP contribution in [0.25, 0.3) is 0 Å². The van der Waals surface area contributed by atoms with Gasteiger partial charge in [-0.3, -0.25) is 0 Å². The molecule has 0 aliphatic carbocycles. The molecule has 3 nitrogen and oxygen atoms in total. The van der Waals surface area contributed by atoms with Gasteiger partial charge in [0.1, 0.15) is 0 Å². The molecule has 0 amide bonds. The molecule has 1 unspecified atom stereocenters. The Balaban J connectivity index is 1.99. The molecular formula is C14H13BrClNO2S. The third-order valence-electron chi connectivity index (χ3n) is 3.10. The maximum atomic E-state index is 6.33. The maximum absolute atomic E-state index is 6.33. The second kappa shape index (κ2) is 5.93. The molecule has 1 aromatic heterocycles. The molecule has 3 rings (SSSR count). The lowest BCUT2D eigenvalue weighted by atomic mass is 10.1. The minimum atomic E-state index is -0.237. The fraction of sp³-hybridized carbons (Fsp3) is 0.286. The molecule has 0 spiro atoms. The number of halogens is 2. The molecule has 2 heterocycles. The van der Waals surface area contributed by atoms with Crippen LogP contribution < -0.4 is 15.2 Å². The van der Waals surface area contributed by atoms with Crippen molar-refractivity contribution < 1.29 is 9.47 Å². The number of fused-ring (bicyclic) bond motifs is 1. The lowest BCUT2D eigenvalue weighted by molar-refractivity contribution is 0.297. The van der Waals surface area contributed by atoms with Crippen molar-refractivity contribution in [2.24, 2.45) is 5.73 Å². The molecule has 1 aromatic carbocycles. The molecule has 0 radical (unpaired) electrons. The molecule has 106 valence electrons. The lowest BCUT2D eigenvalue weighted by Crippen LogP contribution is -2.11. The average Bonchev–Trinajstić information content (AvgIpc) is 2.73. The van der Waals surface area contributed by atoms with Crippen LogP contribution in [-0.2, 0) is 0 Å². The van der Waals surface area contributed by atoms with Crippen LogP contribution in [0.3, 0.4) is 0 Å². The molecule has 2 aromatic rings. The van der Waals surface area contributed by atoms with Crippen LogP contribution in [0.1, 0.15) is 22.9 Å². The third-order valence-corrected chi connectivity index (χ3v) is 5.10. The van der Waals surface area contributed by atoms with Gasteiger partial charge in [0.25, 0.3) is 0 Å². The van der Waals surface area contributed by atoms with E-state index in [1.54, 1.807) is 0 Å². The van der Waals surface area contributed by atoms with Crippen molar-refractivity contribution in [1.82, 2.24) is 0 Å². The minimum Gasteiger partial charge on any atom is -0.490 e. The Bertz CT molecular complexity index is 632. The zero-order chi connectivity index (χ0) is 14.1. The molecular weight excluding hydrogens is 362 g/mol. The van der Waals surface area contributed by atoms with E-state index in [9.17, 15) is 0 Å². The Kier molecular flexibility index (Phi) is 4.21. The van der Waals surface area contributed by atoms with Gasteiger partial charge in [-0.15, -0.1) is 11.3 Å². The summed E-state index contributed by atoms with van der Waals surface area (Å²) in [7, 11) is 0. The summed E-state index contributed by atoms with van der Waals surface area (Å²) in [5.74, 6) is 1.51. The summed E-state index contributed by atoms with van der Waals surface area (Å²) in [6.45, 7) is 1.33. The number of benzene rings is 1. The third kappa shape index (κ3) is 2.81. The van der Waals surface area contributed by atoms with Gasteiger partial charge in [-0.25, -0.2) is 0 Å². The SMILES string of the molecule is NC(c1ccc(Cl)s1)c1cc2c(cc1Br)OCCCO2. The molecule has 0 bridgehead atoms. The van der Waals surface area contributed by atoms with Crippen LogP contribution in [0.2, 0.25) is 4.34 Å². The quantitative estimate of drug-likeness (QED) is 0.848. The summed E-state index contributed by atoms with van der Waals surface area (Å²) in [4.78, 5) is 1.02. The topological polar surface area (TPSA) is 44.5 Å². The second-order valence-electron chi connectivity index (χ2n) is 4.49. The van der Waals surface area contributed by atoms with Crippen LogP contribution >= 0.6 is 38.9 Å². The number of rotatable bonds is 2. The normalized spacial score (nSPS) is 15.8. The molecule has 20 heavy (non-hydrogen) atoms. The number of hydrogen-bond donors (Lipinski definition) is 1. The molecule has 1 aliphatic rings. The van der Waals surface area contributed by atoms with Crippen LogP contribution in [0.4, 0.5) is 0 Å². The van der Waals surface area contributed by atoms with Gasteiger partial charge in [0.2, 0.25) is 0 Å². The summed E-state index contributed by atoms with van der Waals surface area (Å²) in [6, 6.07) is 7.44.